The topological polar surface area (TPSA) is 110 Å². The second-order valence-electron chi connectivity index (χ2n) is 2.49. The SMILES string of the molecule is NC(=O)c1cc(-c2ncn[nH]2)ncn1. The Hall–Kier alpha value is -2.31. The average Bonchev–Trinajstić information content (AvgIpc) is 2.71. The number of amides is 1. The van der Waals surface area contributed by atoms with Crippen molar-refractivity contribution in [2.24, 2.45) is 5.73 Å². The van der Waals surface area contributed by atoms with Crippen molar-refractivity contribution < 1.29 is 4.79 Å². The molecule has 70 valence electrons. The number of H-pyrrole nitrogens is 1. The van der Waals surface area contributed by atoms with Crippen LogP contribution >= 0.6 is 0 Å². The molecule has 0 saturated carbocycles. The zero-order chi connectivity index (χ0) is 9.97. The summed E-state index contributed by atoms with van der Waals surface area (Å²) in [5.74, 6) is -0.136. The highest BCUT2D eigenvalue weighted by Crippen LogP contribution is 2.09. The van der Waals surface area contributed by atoms with Gasteiger partial charge in [0.2, 0.25) is 0 Å². The van der Waals surface area contributed by atoms with Crippen molar-refractivity contribution in [1.82, 2.24) is 25.1 Å². The van der Waals surface area contributed by atoms with E-state index >= 15 is 0 Å². The Morgan fingerprint density at radius 1 is 1.29 bits per heavy atom. The van der Waals surface area contributed by atoms with Crippen LogP contribution in [0.15, 0.2) is 18.7 Å². The van der Waals surface area contributed by atoms with Gasteiger partial charge in [0.15, 0.2) is 5.82 Å². The van der Waals surface area contributed by atoms with Crippen LogP contribution in [-0.4, -0.2) is 31.1 Å². The molecule has 0 unspecified atom stereocenters. The first-order chi connectivity index (χ1) is 6.77. The first-order valence-corrected chi connectivity index (χ1v) is 3.75. The molecule has 3 N–H and O–H groups in total. The van der Waals surface area contributed by atoms with Crippen molar-refractivity contribution in [2.45, 2.75) is 0 Å². The third-order valence-electron chi connectivity index (χ3n) is 1.58. The summed E-state index contributed by atoms with van der Waals surface area (Å²) in [5.41, 5.74) is 5.68. The van der Waals surface area contributed by atoms with E-state index in [4.69, 9.17) is 5.73 Å². The van der Waals surface area contributed by atoms with Crippen LogP contribution in [-0.2, 0) is 0 Å². The molecule has 7 heteroatoms. The van der Waals surface area contributed by atoms with E-state index in [1.807, 2.05) is 0 Å². The number of aromatic amines is 1. The van der Waals surface area contributed by atoms with Gasteiger partial charge in [-0.05, 0) is 6.07 Å². The fourth-order valence-electron chi connectivity index (χ4n) is 0.950. The summed E-state index contributed by atoms with van der Waals surface area (Å²) in [6.45, 7) is 0. The summed E-state index contributed by atoms with van der Waals surface area (Å²) in [5, 5.41) is 6.28. The summed E-state index contributed by atoms with van der Waals surface area (Å²) < 4.78 is 0. The van der Waals surface area contributed by atoms with Gasteiger partial charge in [-0.1, -0.05) is 0 Å². The van der Waals surface area contributed by atoms with Crippen molar-refractivity contribution in [3.05, 3.63) is 24.4 Å². The lowest BCUT2D eigenvalue weighted by Crippen LogP contribution is -2.13. The predicted molar refractivity (Wildman–Crippen MR) is 45.9 cm³/mol. The zero-order valence-electron chi connectivity index (χ0n) is 7.01. The zero-order valence-corrected chi connectivity index (χ0v) is 7.01. The Kier molecular flexibility index (Phi) is 1.90. The van der Waals surface area contributed by atoms with Crippen LogP contribution in [0.4, 0.5) is 0 Å². The maximum atomic E-state index is 10.8. The van der Waals surface area contributed by atoms with Gasteiger partial charge in [0.05, 0.1) is 0 Å². The number of aromatic nitrogens is 5. The Bertz CT molecular complexity index is 451. The molecule has 0 bridgehead atoms. The standard InChI is InChI=1S/C7H6N6O/c8-6(14)4-1-5(10-2-9-4)7-11-3-12-13-7/h1-3H,(H2,8,14)(H,11,12,13). The molecule has 0 spiro atoms. The lowest BCUT2D eigenvalue weighted by Gasteiger charge is -1.96. The van der Waals surface area contributed by atoms with Crippen molar-refractivity contribution in [3.8, 4) is 11.5 Å². The number of primary amides is 1. The molecule has 0 aromatic carbocycles. The van der Waals surface area contributed by atoms with Crippen LogP contribution in [0.25, 0.3) is 11.5 Å². The molecule has 14 heavy (non-hydrogen) atoms. The molecule has 2 heterocycles. The van der Waals surface area contributed by atoms with Crippen LogP contribution in [0.2, 0.25) is 0 Å². The van der Waals surface area contributed by atoms with E-state index in [0.29, 0.717) is 11.5 Å². The van der Waals surface area contributed by atoms with Gasteiger partial charge in [-0.25, -0.2) is 15.0 Å². The monoisotopic (exact) mass is 190 g/mol. The maximum Gasteiger partial charge on any atom is 0.267 e. The molecule has 2 aromatic rings. The van der Waals surface area contributed by atoms with Gasteiger partial charge >= 0.3 is 0 Å². The van der Waals surface area contributed by atoms with Gasteiger partial charge in [0.25, 0.3) is 5.91 Å². The molecule has 0 fully saturated rings. The van der Waals surface area contributed by atoms with E-state index in [2.05, 4.69) is 25.1 Å². The second kappa shape index (κ2) is 3.21. The second-order valence-corrected chi connectivity index (χ2v) is 2.49. The minimum absolute atomic E-state index is 0.145. The quantitative estimate of drug-likeness (QED) is 0.654. The van der Waals surface area contributed by atoms with Crippen molar-refractivity contribution >= 4 is 5.91 Å². The highest BCUT2D eigenvalue weighted by atomic mass is 16.1. The molecule has 2 aromatic heterocycles. The molecule has 0 aliphatic heterocycles. The average molecular weight is 190 g/mol. The van der Waals surface area contributed by atoms with Gasteiger partial charge in [-0.2, -0.15) is 5.10 Å². The Labute approximate surface area is 78.4 Å². The highest BCUT2D eigenvalue weighted by Gasteiger charge is 2.07. The van der Waals surface area contributed by atoms with E-state index in [0.717, 1.165) is 0 Å². The summed E-state index contributed by atoms with van der Waals surface area (Å²) in [4.78, 5) is 22.3. The Balaban J connectivity index is 2.46. The van der Waals surface area contributed by atoms with E-state index in [-0.39, 0.29) is 5.69 Å². The van der Waals surface area contributed by atoms with E-state index in [1.165, 1.54) is 18.7 Å². The Morgan fingerprint density at radius 2 is 2.14 bits per heavy atom. The number of hydrogen-bond acceptors (Lipinski definition) is 5. The van der Waals surface area contributed by atoms with Gasteiger partial charge in [0.1, 0.15) is 24.0 Å². The molecule has 0 aliphatic carbocycles. The molecule has 2 rings (SSSR count). The maximum absolute atomic E-state index is 10.8. The van der Waals surface area contributed by atoms with E-state index in [1.54, 1.807) is 0 Å². The molecular formula is C7H6N6O. The molecular weight excluding hydrogens is 184 g/mol. The van der Waals surface area contributed by atoms with Crippen LogP contribution in [0.5, 0.6) is 0 Å². The fraction of sp³-hybridized carbons (Fsp3) is 0. The molecule has 0 atom stereocenters. The first-order valence-electron chi connectivity index (χ1n) is 3.75. The smallest absolute Gasteiger partial charge is 0.267 e. The lowest BCUT2D eigenvalue weighted by molar-refractivity contribution is 0.0995. The number of nitrogens with zero attached hydrogens (tertiary/aromatic N) is 4. The fourth-order valence-corrected chi connectivity index (χ4v) is 0.950. The number of carbonyl (C=O) groups is 1. The van der Waals surface area contributed by atoms with Crippen molar-refractivity contribution in [2.75, 3.05) is 0 Å². The van der Waals surface area contributed by atoms with Crippen LogP contribution < -0.4 is 5.73 Å². The number of carbonyl (C=O) groups excluding carboxylic acids is 1. The summed E-state index contributed by atoms with van der Waals surface area (Å²) >= 11 is 0. The van der Waals surface area contributed by atoms with Gasteiger partial charge in [-0.3, -0.25) is 9.89 Å². The van der Waals surface area contributed by atoms with Crippen LogP contribution in [0, 0.1) is 0 Å². The predicted octanol–water partition coefficient (Wildman–Crippen LogP) is -0.639. The van der Waals surface area contributed by atoms with Crippen molar-refractivity contribution in [3.63, 3.8) is 0 Å². The molecule has 0 radical (unpaired) electrons. The third-order valence-corrected chi connectivity index (χ3v) is 1.58. The lowest BCUT2D eigenvalue weighted by atomic mass is 10.3. The number of rotatable bonds is 2. The minimum atomic E-state index is -0.604. The Morgan fingerprint density at radius 3 is 2.79 bits per heavy atom. The first kappa shape index (κ1) is 8.30. The minimum Gasteiger partial charge on any atom is -0.364 e. The largest absolute Gasteiger partial charge is 0.364 e. The molecule has 0 saturated heterocycles. The van der Waals surface area contributed by atoms with Crippen LogP contribution in [0.1, 0.15) is 10.5 Å². The number of nitrogens with one attached hydrogen (secondary N) is 1. The normalized spacial score (nSPS) is 10.0. The van der Waals surface area contributed by atoms with Crippen molar-refractivity contribution in [1.29, 1.82) is 0 Å². The highest BCUT2D eigenvalue weighted by molar-refractivity contribution is 5.91. The summed E-state index contributed by atoms with van der Waals surface area (Å²) in [6, 6.07) is 1.45. The molecule has 7 nitrogen and oxygen atoms in total. The number of hydrogen-bond donors (Lipinski definition) is 2. The van der Waals surface area contributed by atoms with Gasteiger partial charge in [-0.15, -0.1) is 0 Å². The van der Waals surface area contributed by atoms with E-state index in [9.17, 15) is 4.79 Å². The summed E-state index contributed by atoms with van der Waals surface area (Å²) in [6.07, 6.45) is 2.60. The summed E-state index contributed by atoms with van der Waals surface area (Å²) in [7, 11) is 0. The number of nitrogens with two attached hydrogens (primary N) is 1. The van der Waals surface area contributed by atoms with Crippen LogP contribution in [0.3, 0.4) is 0 Å². The third kappa shape index (κ3) is 1.42. The van der Waals surface area contributed by atoms with Gasteiger partial charge in [0, 0.05) is 0 Å². The molecule has 0 aliphatic rings. The van der Waals surface area contributed by atoms with E-state index < -0.39 is 5.91 Å². The molecule has 1 amide bonds. The van der Waals surface area contributed by atoms with Gasteiger partial charge < -0.3 is 5.73 Å².